The molecule has 5 nitrogen and oxygen atoms in total. The maximum Gasteiger partial charge on any atom is 0.245 e. The van der Waals surface area contributed by atoms with E-state index in [9.17, 15) is 9.59 Å². The first-order valence-electron chi connectivity index (χ1n) is 4.93. The number of morpholine rings is 1. The fourth-order valence-electron chi connectivity index (χ4n) is 1.80. The second-order valence-corrected chi connectivity index (χ2v) is 3.60. The summed E-state index contributed by atoms with van der Waals surface area (Å²) in [5, 5.41) is 2.68. The zero-order valence-corrected chi connectivity index (χ0v) is 7.99. The fourth-order valence-corrected chi connectivity index (χ4v) is 1.80. The van der Waals surface area contributed by atoms with E-state index in [1.807, 2.05) is 0 Å². The number of ether oxygens (including phenoxy) is 1. The normalized spacial score (nSPS) is 27.6. The second kappa shape index (κ2) is 3.96. The zero-order valence-electron chi connectivity index (χ0n) is 7.99. The summed E-state index contributed by atoms with van der Waals surface area (Å²) in [5.41, 5.74) is 0. The number of nitrogens with one attached hydrogen (secondary N) is 1. The Kier molecular flexibility index (Phi) is 2.67. The van der Waals surface area contributed by atoms with E-state index in [4.69, 9.17) is 4.74 Å². The molecule has 2 heterocycles. The number of carbonyl (C=O) groups excluding carboxylic acids is 2. The molecule has 2 aliphatic heterocycles. The van der Waals surface area contributed by atoms with E-state index in [-0.39, 0.29) is 17.9 Å². The van der Waals surface area contributed by atoms with Gasteiger partial charge in [-0.2, -0.15) is 0 Å². The topological polar surface area (TPSA) is 58.6 Å². The molecule has 2 fully saturated rings. The molecule has 0 aliphatic carbocycles. The van der Waals surface area contributed by atoms with Gasteiger partial charge in [0.05, 0.1) is 13.2 Å². The molecule has 0 aromatic rings. The van der Waals surface area contributed by atoms with Crippen LogP contribution in [0.5, 0.6) is 0 Å². The van der Waals surface area contributed by atoms with Crippen LogP contribution in [-0.4, -0.2) is 49.1 Å². The predicted octanol–water partition coefficient (Wildman–Crippen LogP) is -0.876. The molecule has 0 unspecified atom stereocenters. The minimum Gasteiger partial charge on any atom is -0.378 e. The molecule has 1 N–H and O–H groups in total. The molecule has 2 saturated heterocycles. The van der Waals surface area contributed by atoms with Crippen LogP contribution in [0, 0.1) is 0 Å². The van der Waals surface area contributed by atoms with Crippen molar-refractivity contribution in [2.45, 2.75) is 18.9 Å². The number of hydrogen-bond donors (Lipinski definition) is 1. The maximum atomic E-state index is 11.8. The largest absolute Gasteiger partial charge is 0.378 e. The van der Waals surface area contributed by atoms with Gasteiger partial charge in [0, 0.05) is 19.5 Å². The summed E-state index contributed by atoms with van der Waals surface area (Å²) in [6, 6.07) is -0.291. The summed E-state index contributed by atoms with van der Waals surface area (Å²) in [4.78, 5) is 24.5. The first-order valence-corrected chi connectivity index (χ1v) is 4.93. The first kappa shape index (κ1) is 9.45. The van der Waals surface area contributed by atoms with Gasteiger partial charge >= 0.3 is 0 Å². The average Bonchev–Trinajstić information content (AvgIpc) is 2.65. The van der Waals surface area contributed by atoms with Gasteiger partial charge in [-0.1, -0.05) is 0 Å². The highest BCUT2D eigenvalue weighted by Crippen LogP contribution is 2.10. The Morgan fingerprint density at radius 3 is 2.71 bits per heavy atom. The van der Waals surface area contributed by atoms with Gasteiger partial charge in [-0.25, -0.2) is 0 Å². The number of amides is 2. The summed E-state index contributed by atoms with van der Waals surface area (Å²) < 4.78 is 5.15. The molecule has 0 spiro atoms. The van der Waals surface area contributed by atoms with Crippen molar-refractivity contribution in [3.8, 4) is 0 Å². The molecule has 2 aliphatic rings. The number of hydrogen-bond acceptors (Lipinski definition) is 3. The Morgan fingerprint density at radius 1 is 1.43 bits per heavy atom. The van der Waals surface area contributed by atoms with Gasteiger partial charge < -0.3 is 15.0 Å². The van der Waals surface area contributed by atoms with Crippen molar-refractivity contribution in [2.75, 3.05) is 26.3 Å². The fraction of sp³-hybridized carbons (Fsp3) is 0.778. The van der Waals surface area contributed by atoms with E-state index < -0.39 is 0 Å². The molecule has 2 rings (SSSR count). The van der Waals surface area contributed by atoms with Crippen LogP contribution in [0.4, 0.5) is 0 Å². The van der Waals surface area contributed by atoms with Crippen molar-refractivity contribution in [3.05, 3.63) is 0 Å². The van der Waals surface area contributed by atoms with Crippen LogP contribution >= 0.6 is 0 Å². The molecule has 1 atom stereocenters. The van der Waals surface area contributed by atoms with E-state index in [2.05, 4.69) is 5.32 Å². The van der Waals surface area contributed by atoms with Crippen LogP contribution in [0.3, 0.4) is 0 Å². The summed E-state index contributed by atoms with van der Waals surface area (Å²) in [5.74, 6) is 0.0239. The highest BCUT2D eigenvalue weighted by molar-refractivity contribution is 5.90. The minimum atomic E-state index is -0.291. The Hall–Kier alpha value is -1.10. The van der Waals surface area contributed by atoms with E-state index in [1.54, 1.807) is 4.90 Å². The molecule has 14 heavy (non-hydrogen) atoms. The number of rotatable bonds is 1. The third kappa shape index (κ3) is 1.87. The first-order chi connectivity index (χ1) is 6.77. The lowest BCUT2D eigenvalue weighted by atomic mass is 10.2. The van der Waals surface area contributed by atoms with Gasteiger partial charge in [-0.15, -0.1) is 0 Å². The van der Waals surface area contributed by atoms with Crippen molar-refractivity contribution in [3.63, 3.8) is 0 Å². The summed E-state index contributed by atoms with van der Waals surface area (Å²) >= 11 is 0. The van der Waals surface area contributed by atoms with Gasteiger partial charge in [-0.3, -0.25) is 9.59 Å². The van der Waals surface area contributed by atoms with Gasteiger partial charge in [0.25, 0.3) is 0 Å². The predicted molar refractivity (Wildman–Crippen MR) is 48.6 cm³/mol. The monoisotopic (exact) mass is 198 g/mol. The van der Waals surface area contributed by atoms with Crippen molar-refractivity contribution in [1.29, 1.82) is 0 Å². The third-order valence-corrected chi connectivity index (χ3v) is 2.62. The summed E-state index contributed by atoms with van der Waals surface area (Å²) in [7, 11) is 0. The molecule has 0 aromatic carbocycles. The highest BCUT2D eigenvalue weighted by atomic mass is 16.5. The minimum absolute atomic E-state index is 0.0170. The van der Waals surface area contributed by atoms with E-state index >= 15 is 0 Å². The standard InChI is InChI=1S/C9H14N2O3/c12-8-2-1-7(10-8)9(13)11-3-5-14-6-4-11/h7H,1-6H2,(H,10,12)/t7-/m0/s1. The second-order valence-electron chi connectivity index (χ2n) is 3.60. The number of nitrogens with zero attached hydrogens (tertiary/aromatic N) is 1. The van der Waals surface area contributed by atoms with E-state index in [0.29, 0.717) is 39.1 Å². The Balaban J connectivity index is 1.90. The van der Waals surface area contributed by atoms with Gasteiger partial charge in [0.1, 0.15) is 6.04 Å². The molecule has 0 bridgehead atoms. The lowest BCUT2D eigenvalue weighted by Gasteiger charge is -2.28. The van der Waals surface area contributed by atoms with Crippen LogP contribution in [0.1, 0.15) is 12.8 Å². The molecule has 0 aromatic heterocycles. The quantitative estimate of drug-likeness (QED) is 0.595. The molecule has 78 valence electrons. The summed E-state index contributed by atoms with van der Waals surface area (Å²) in [6.45, 7) is 2.50. The Morgan fingerprint density at radius 2 is 2.14 bits per heavy atom. The van der Waals surface area contributed by atoms with Crippen LogP contribution in [0.2, 0.25) is 0 Å². The molecular weight excluding hydrogens is 184 g/mol. The van der Waals surface area contributed by atoms with E-state index in [0.717, 1.165) is 0 Å². The Bertz CT molecular complexity index is 248. The lowest BCUT2D eigenvalue weighted by Crippen LogP contribution is -2.48. The SMILES string of the molecule is O=C1CC[C@@H](C(=O)N2CCOCC2)N1. The van der Waals surface area contributed by atoms with Crippen LogP contribution in [0.25, 0.3) is 0 Å². The Labute approximate surface area is 82.4 Å². The van der Waals surface area contributed by atoms with Crippen LogP contribution < -0.4 is 5.32 Å². The summed E-state index contributed by atoms with van der Waals surface area (Å²) in [6.07, 6.45) is 1.11. The molecule has 5 heteroatoms. The average molecular weight is 198 g/mol. The van der Waals surface area contributed by atoms with Crippen molar-refractivity contribution < 1.29 is 14.3 Å². The zero-order chi connectivity index (χ0) is 9.97. The smallest absolute Gasteiger partial charge is 0.245 e. The van der Waals surface area contributed by atoms with Crippen molar-refractivity contribution in [1.82, 2.24) is 10.2 Å². The molecule has 0 saturated carbocycles. The number of carbonyl (C=O) groups is 2. The van der Waals surface area contributed by atoms with Gasteiger partial charge in [0.2, 0.25) is 11.8 Å². The molecule has 2 amide bonds. The van der Waals surface area contributed by atoms with Gasteiger partial charge in [-0.05, 0) is 6.42 Å². The van der Waals surface area contributed by atoms with Crippen LogP contribution in [0.15, 0.2) is 0 Å². The lowest BCUT2D eigenvalue weighted by molar-refractivity contribution is -0.138. The third-order valence-electron chi connectivity index (χ3n) is 2.62. The van der Waals surface area contributed by atoms with Crippen LogP contribution in [-0.2, 0) is 14.3 Å². The molecular formula is C9H14N2O3. The van der Waals surface area contributed by atoms with Crippen molar-refractivity contribution in [2.24, 2.45) is 0 Å². The maximum absolute atomic E-state index is 11.8. The van der Waals surface area contributed by atoms with Gasteiger partial charge in [0.15, 0.2) is 0 Å². The van der Waals surface area contributed by atoms with Crippen molar-refractivity contribution >= 4 is 11.8 Å². The van der Waals surface area contributed by atoms with E-state index in [1.165, 1.54) is 0 Å². The highest BCUT2D eigenvalue weighted by Gasteiger charge is 2.31. The molecule has 0 radical (unpaired) electrons.